The molecule has 0 amide bonds. The predicted molar refractivity (Wildman–Crippen MR) is 80.0 cm³/mol. The highest BCUT2D eigenvalue weighted by Crippen LogP contribution is 2.37. The molecule has 21 heavy (non-hydrogen) atoms. The van der Waals surface area contributed by atoms with Crippen LogP contribution in [0.15, 0.2) is 18.2 Å². The molecule has 2 atom stereocenters. The minimum absolute atomic E-state index is 0.257. The predicted octanol–water partition coefficient (Wildman–Crippen LogP) is 5.03. The van der Waals surface area contributed by atoms with Gasteiger partial charge in [-0.15, -0.1) is 11.6 Å². The molecule has 1 fully saturated rings. The van der Waals surface area contributed by atoms with Crippen LogP contribution in [0.1, 0.15) is 36.2 Å². The van der Waals surface area contributed by atoms with Gasteiger partial charge in [-0.2, -0.15) is 24.9 Å². The number of halogens is 4. The Labute approximate surface area is 129 Å². The van der Waals surface area contributed by atoms with Crippen LogP contribution in [0.4, 0.5) is 13.2 Å². The summed E-state index contributed by atoms with van der Waals surface area (Å²) in [5.74, 6) is 2.66. The van der Waals surface area contributed by atoms with E-state index in [2.05, 4.69) is 4.98 Å². The summed E-state index contributed by atoms with van der Waals surface area (Å²) in [6.45, 7) is 1.80. The zero-order valence-electron chi connectivity index (χ0n) is 11.3. The van der Waals surface area contributed by atoms with E-state index >= 15 is 0 Å². The van der Waals surface area contributed by atoms with Gasteiger partial charge in [-0.1, -0.05) is 0 Å². The number of imidazole rings is 1. The highest BCUT2D eigenvalue weighted by Gasteiger charge is 2.32. The van der Waals surface area contributed by atoms with Crippen molar-refractivity contribution in [2.75, 3.05) is 11.5 Å². The van der Waals surface area contributed by atoms with Crippen LogP contribution in [0.25, 0.3) is 11.0 Å². The van der Waals surface area contributed by atoms with Gasteiger partial charge in [0.25, 0.3) is 0 Å². The highest BCUT2D eigenvalue weighted by atomic mass is 35.5. The third kappa shape index (κ3) is 2.75. The minimum Gasteiger partial charge on any atom is -0.323 e. The first-order valence-electron chi connectivity index (χ1n) is 6.69. The lowest BCUT2D eigenvalue weighted by atomic mass is 10.2. The number of aromatic nitrogens is 2. The fourth-order valence-corrected chi connectivity index (χ4v) is 4.03. The van der Waals surface area contributed by atoms with E-state index in [9.17, 15) is 13.2 Å². The van der Waals surface area contributed by atoms with E-state index in [1.165, 1.54) is 6.07 Å². The summed E-state index contributed by atoms with van der Waals surface area (Å²) in [5.41, 5.74) is 0.427. The average molecular weight is 335 g/mol. The molecule has 1 aliphatic heterocycles. The van der Waals surface area contributed by atoms with Crippen molar-refractivity contribution in [3.63, 3.8) is 0 Å². The molecule has 2 nitrogen and oxygen atoms in total. The molecule has 0 radical (unpaired) electrons. The van der Waals surface area contributed by atoms with Gasteiger partial charge in [-0.05, 0) is 37.3 Å². The Bertz CT molecular complexity index is 660. The van der Waals surface area contributed by atoms with Gasteiger partial charge in [0.15, 0.2) is 0 Å². The van der Waals surface area contributed by atoms with E-state index in [4.69, 9.17) is 11.6 Å². The first-order valence-corrected chi connectivity index (χ1v) is 8.28. The van der Waals surface area contributed by atoms with E-state index in [1.54, 1.807) is 6.92 Å². The van der Waals surface area contributed by atoms with Crippen LogP contribution in [0.5, 0.6) is 0 Å². The van der Waals surface area contributed by atoms with E-state index < -0.39 is 11.7 Å². The standard InChI is InChI=1S/C14H14ClF3N2S/c1-8(15)13-19-11-6-9(14(16,17)18)2-3-12(11)20(13)10-4-5-21-7-10/h2-3,6,8,10H,4-5,7H2,1H3. The molecule has 0 bridgehead atoms. The summed E-state index contributed by atoms with van der Waals surface area (Å²) in [6.07, 6.45) is -3.36. The maximum absolute atomic E-state index is 12.8. The van der Waals surface area contributed by atoms with Gasteiger partial charge in [-0.3, -0.25) is 0 Å². The molecular weight excluding hydrogens is 321 g/mol. The van der Waals surface area contributed by atoms with Crippen LogP contribution in [-0.4, -0.2) is 21.1 Å². The van der Waals surface area contributed by atoms with Crippen LogP contribution in [0.3, 0.4) is 0 Å². The average Bonchev–Trinajstić information content (AvgIpc) is 3.03. The third-order valence-corrected chi connectivity index (χ3v) is 5.01. The van der Waals surface area contributed by atoms with E-state index in [-0.39, 0.29) is 11.4 Å². The normalized spacial score (nSPS) is 21.1. The first-order chi connectivity index (χ1) is 9.88. The summed E-state index contributed by atoms with van der Waals surface area (Å²) in [7, 11) is 0. The summed E-state index contributed by atoms with van der Waals surface area (Å²) in [4.78, 5) is 4.35. The molecule has 2 unspecified atom stereocenters. The van der Waals surface area contributed by atoms with Crippen molar-refractivity contribution in [2.24, 2.45) is 0 Å². The second-order valence-electron chi connectivity index (χ2n) is 5.17. The number of thioether (sulfide) groups is 1. The van der Waals surface area contributed by atoms with Crippen molar-refractivity contribution < 1.29 is 13.2 Å². The molecule has 0 spiro atoms. The van der Waals surface area contributed by atoms with Crippen LogP contribution in [-0.2, 0) is 6.18 Å². The van der Waals surface area contributed by atoms with Gasteiger partial charge in [-0.25, -0.2) is 4.98 Å². The van der Waals surface area contributed by atoms with Crippen molar-refractivity contribution in [3.8, 4) is 0 Å². The van der Waals surface area contributed by atoms with Crippen molar-refractivity contribution >= 4 is 34.4 Å². The quantitative estimate of drug-likeness (QED) is 0.717. The lowest BCUT2D eigenvalue weighted by molar-refractivity contribution is -0.137. The Kier molecular flexibility index (Phi) is 3.86. The monoisotopic (exact) mass is 334 g/mol. The molecule has 2 aromatic rings. The number of hydrogen-bond acceptors (Lipinski definition) is 2. The lowest BCUT2D eigenvalue weighted by Gasteiger charge is -2.17. The number of nitrogens with zero attached hydrogens (tertiary/aromatic N) is 2. The molecule has 1 saturated heterocycles. The summed E-state index contributed by atoms with van der Waals surface area (Å²) < 4.78 is 40.5. The van der Waals surface area contributed by atoms with E-state index in [0.717, 1.165) is 35.6 Å². The first kappa shape index (κ1) is 15.0. The Balaban J connectivity index is 2.17. The molecule has 0 saturated carbocycles. The second-order valence-corrected chi connectivity index (χ2v) is 6.98. The fraction of sp³-hybridized carbons (Fsp3) is 0.500. The summed E-state index contributed by atoms with van der Waals surface area (Å²) >= 11 is 8.02. The van der Waals surface area contributed by atoms with Gasteiger partial charge in [0.05, 0.1) is 22.0 Å². The minimum atomic E-state index is -4.35. The number of benzene rings is 1. The van der Waals surface area contributed by atoms with Gasteiger partial charge in [0.2, 0.25) is 0 Å². The molecule has 2 heterocycles. The molecule has 1 aromatic carbocycles. The zero-order valence-corrected chi connectivity index (χ0v) is 12.9. The largest absolute Gasteiger partial charge is 0.416 e. The van der Waals surface area contributed by atoms with Gasteiger partial charge < -0.3 is 4.57 Å². The Morgan fingerprint density at radius 1 is 1.43 bits per heavy atom. The number of rotatable bonds is 2. The third-order valence-electron chi connectivity index (χ3n) is 3.67. The van der Waals surface area contributed by atoms with E-state index in [1.807, 2.05) is 16.3 Å². The Morgan fingerprint density at radius 2 is 2.19 bits per heavy atom. The smallest absolute Gasteiger partial charge is 0.323 e. The van der Waals surface area contributed by atoms with E-state index in [0.29, 0.717) is 11.3 Å². The highest BCUT2D eigenvalue weighted by molar-refractivity contribution is 7.99. The van der Waals surface area contributed by atoms with Gasteiger partial charge in [0, 0.05) is 11.8 Å². The molecule has 0 aliphatic carbocycles. The maximum atomic E-state index is 12.8. The summed E-state index contributed by atoms with van der Waals surface area (Å²) in [6, 6.07) is 3.99. The topological polar surface area (TPSA) is 17.8 Å². The second kappa shape index (κ2) is 5.39. The van der Waals surface area contributed by atoms with Crippen molar-refractivity contribution in [3.05, 3.63) is 29.6 Å². The Morgan fingerprint density at radius 3 is 2.76 bits per heavy atom. The van der Waals surface area contributed by atoms with Crippen LogP contribution < -0.4 is 0 Å². The number of hydrogen-bond donors (Lipinski definition) is 0. The number of fused-ring (bicyclic) bond motifs is 1. The van der Waals surface area contributed by atoms with Crippen LogP contribution in [0.2, 0.25) is 0 Å². The number of alkyl halides is 4. The van der Waals surface area contributed by atoms with Gasteiger partial charge in [0.1, 0.15) is 5.82 Å². The molecular formula is C14H14ClF3N2S. The zero-order chi connectivity index (χ0) is 15.2. The molecule has 0 N–H and O–H groups in total. The molecule has 114 valence electrons. The van der Waals surface area contributed by atoms with Crippen molar-refractivity contribution in [1.82, 2.24) is 9.55 Å². The molecule has 7 heteroatoms. The Hall–Kier alpha value is -0.880. The van der Waals surface area contributed by atoms with Crippen LogP contribution >= 0.6 is 23.4 Å². The summed E-state index contributed by atoms with van der Waals surface area (Å²) in [5, 5.41) is -0.336. The maximum Gasteiger partial charge on any atom is 0.416 e. The van der Waals surface area contributed by atoms with Crippen molar-refractivity contribution in [1.29, 1.82) is 0 Å². The van der Waals surface area contributed by atoms with Crippen molar-refractivity contribution in [2.45, 2.75) is 30.9 Å². The molecule has 1 aromatic heterocycles. The lowest BCUT2D eigenvalue weighted by Crippen LogP contribution is -2.12. The van der Waals surface area contributed by atoms with Crippen LogP contribution in [0, 0.1) is 0 Å². The molecule has 3 rings (SSSR count). The van der Waals surface area contributed by atoms with Gasteiger partial charge >= 0.3 is 6.18 Å². The molecule has 1 aliphatic rings. The fourth-order valence-electron chi connectivity index (χ4n) is 2.68. The SMILES string of the molecule is CC(Cl)c1nc2cc(C(F)(F)F)ccc2n1C1CCSC1.